The van der Waals surface area contributed by atoms with E-state index in [4.69, 9.17) is 15.4 Å². The third-order valence-electron chi connectivity index (χ3n) is 1.78. The fourth-order valence-corrected chi connectivity index (χ4v) is 0.823. The van der Waals surface area contributed by atoms with Crippen LogP contribution in [-0.4, -0.2) is 21.4 Å². The largest absolute Gasteiger partial charge is 0.391 e. The number of hydrogen-bond donors (Lipinski definition) is 2. The SMILES string of the molecule is CC(C)c1noc([C@@H](N)[C@@H](C)O)n1. The van der Waals surface area contributed by atoms with Crippen LogP contribution in [0.3, 0.4) is 0 Å². The molecule has 0 aliphatic rings. The normalized spacial score (nSPS) is 16.2. The smallest absolute Gasteiger partial charge is 0.246 e. The van der Waals surface area contributed by atoms with Crippen LogP contribution in [0.4, 0.5) is 0 Å². The van der Waals surface area contributed by atoms with Crippen molar-refractivity contribution in [1.29, 1.82) is 0 Å². The molecule has 74 valence electrons. The average molecular weight is 185 g/mol. The molecule has 5 nitrogen and oxygen atoms in total. The maximum Gasteiger partial charge on any atom is 0.246 e. The van der Waals surface area contributed by atoms with Crippen LogP contribution in [0.25, 0.3) is 0 Å². The second kappa shape index (κ2) is 3.85. The summed E-state index contributed by atoms with van der Waals surface area (Å²) >= 11 is 0. The van der Waals surface area contributed by atoms with E-state index in [2.05, 4.69) is 10.1 Å². The lowest BCUT2D eigenvalue weighted by atomic mass is 10.2. The summed E-state index contributed by atoms with van der Waals surface area (Å²) in [6.07, 6.45) is -0.680. The summed E-state index contributed by atoms with van der Waals surface area (Å²) in [6, 6.07) is -0.597. The molecule has 0 aliphatic carbocycles. The summed E-state index contributed by atoms with van der Waals surface area (Å²) < 4.78 is 4.90. The van der Waals surface area contributed by atoms with Crippen molar-refractivity contribution in [3.05, 3.63) is 11.7 Å². The molecule has 0 aromatic carbocycles. The second-order valence-electron chi connectivity index (χ2n) is 3.41. The van der Waals surface area contributed by atoms with E-state index in [1.54, 1.807) is 6.92 Å². The summed E-state index contributed by atoms with van der Waals surface area (Å²) in [5, 5.41) is 12.9. The molecule has 0 saturated heterocycles. The lowest BCUT2D eigenvalue weighted by molar-refractivity contribution is 0.146. The number of rotatable bonds is 3. The molecule has 0 unspecified atom stereocenters. The topological polar surface area (TPSA) is 85.2 Å². The van der Waals surface area contributed by atoms with Crippen LogP contribution in [0.15, 0.2) is 4.52 Å². The zero-order chi connectivity index (χ0) is 10.0. The summed E-state index contributed by atoms with van der Waals surface area (Å²) in [6.45, 7) is 5.51. The Morgan fingerprint density at radius 3 is 2.38 bits per heavy atom. The number of nitrogens with zero attached hydrogens (tertiary/aromatic N) is 2. The maximum absolute atomic E-state index is 9.17. The predicted molar refractivity (Wildman–Crippen MR) is 47.0 cm³/mol. The van der Waals surface area contributed by atoms with Gasteiger partial charge in [0.15, 0.2) is 5.82 Å². The Morgan fingerprint density at radius 2 is 2.00 bits per heavy atom. The van der Waals surface area contributed by atoms with E-state index < -0.39 is 12.1 Å². The van der Waals surface area contributed by atoms with Crippen LogP contribution >= 0.6 is 0 Å². The zero-order valence-electron chi connectivity index (χ0n) is 8.06. The Morgan fingerprint density at radius 1 is 1.38 bits per heavy atom. The van der Waals surface area contributed by atoms with Gasteiger partial charge in [0.25, 0.3) is 0 Å². The standard InChI is InChI=1S/C8H15N3O2/c1-4(2)7-10-8(13-11-7)6(9)5(3)12/h4-6,12H,9H2,1-3H3/t5-,6+/m1/s1. The second-order valence-corrected chi connectivity index (χ2v) is 3.41. The molecule has 0 radical (unpaired) electrons. The van der Waals surface area contributed by atoms with Crippen LogP contribution in [0, 0.1) is 0 Å². The Balaban J connectivity index is 2.79. The minimum atomic E-state index is -0.680. The van der Waals surface area contributed by atoms with E-state index in [0.717, 1.165) is 0 Å². The third kappa shape index (κ3) is 2.26. The molecule has 3 N–H and O–H groups in total. The van der Waals surface area contributed by atoms with Crippen molar-refractivity contribution in [2.45, 2.75) is 38.8 Å². The van der Waals surface area contributed by atoms with Crippen LogP contribution in [0.5, 0.6) is 0 Å². The Kier molecular flexibility index (Phi) is 3.00. The van der Waals surface area contributed by atoms with Gasteiger partial charge in [0, 0.05) is 5.92 Å². The molecule has 0 spiro atoms. The highest BCUT2D eigenvalue weighted by molar-refractivity contribution is 4.96. The van der Waals surface area contributed by atoms with Crippen molar-refractivity contribution in [2.75, 3.05) is 0 Å². The van der Waals surface area contributed by atoms with E-state index in [-0.39, 0.29) is 5.92 Å². The number of aliphatic hydroxyl groups is 1. The maximum atomic E-state index is 9.17. The summed E-state index contributed by atoms with van der Waals surface area (Å²) in [4.78, 5) is 4.07. The van der Waals surface area contributed by atoms with Gasteiger partial charge in [0.1, 0.15) is 6.04 Å². The van der Waals surface area contributed by atoms with Crippen LogP contribution in [0.1, 0.15) is 44.4 Å². The van der Waals surface area contributed by atoms with Crippen molar-refractivity contribution in [3.8, 4) is 0 Å². The van der Waals surface area contributed by atoms with Crippen molar-refractivity contribution in [1.82, 2.24) is 10.1 Å². The average Bonchev–Trinajstić information content (AvgIpc) is 2.50. The van der Waals surface area contributed by atoms with Crippen molar-refractivity contribution in [2.24, 2.45) is 5.73 Å². The van der Waals surface area contributed by atoms with Gasteiger partial charge in [0.2, 0.25) is 5.89 Å². The van der Waals surface area contributed by atoms with Crippen LogP contribution < -0.4 is 5.73 Å². The predicted octanol–water partition coefficient (Wildman–Crippen LogP) is 0.574. The minimum Gasteiger partial charge on any atom is -0.391 e. The Hall–Kier alpha value is -0.940. The quantitative estimate of drug-likeness (QED) is 0.719. The third-order valence-corrected chi connectivity index (χ3v) is 1.78. The minimum absolute atomic E-state index is 0.207. The first-order valence-electron chi connectivity index (χ1n) is 4.29. The number of aliphatic hydroxyl groups excluding tert-OH is 1. The van der Waals surface area contributed by atoms with Gasteiger partial charge in [0.05, 0.1) is 6.10 Å². The fraction of sp³-hybridized carbons (Fsp3) is 0.750. The fourth-order valence-electron chi connectivity index (χ4n) is 0.823. The lowest BCUT2D eigenvalue weighted by Crippen LogP contribution is -2.23. The van der Waals surface area contributed by atoms with E-state index in [1.807, 2.05) is 13.8 Å². The van der Waals surface area contributed by atoms with Gasteiger partial charge in [-0.05, 0) is 6.92 Å². The highest BCUT2D eigenvalue weighted by atomic mass is 16.5. The monoisotopic (exact) mass is 185 g/mol. The number of nitrogens with two attached hydrogens (primary N) is 1. The lowest BCUT2D eigenvalue weighted by Gasteiger charge is -2.08. The summed E-state index contributed by atoms with van der Waals surface area (Å²) in [7, 11) is 0. The Labute approximate surface area is 76.9 Å². The molecule has 1 rings (SSSR count). The zero-order valence-corrected chi connectivity index (χ0v) is 8.06. The molecule has 0 bridgehead atoms. The van der Waals surface area contributed by atoms with Gasteiger partial charge in [-0.25, -0.2) is 0 Å². The highest BCUT2D eigenvalue weighted by Crippen LogP contribution is 2.15. The summed E-state index contributed by atoms with van der Waals surface area (Å²) in [5.74, 6) is 1.11. The van der Waals surface area contributed by atoms with Gasteiger partial charge >= 0.3 is 0 Å². The Bertz CT molecular complexity index is 270. The first-order chi connectivity index (χ1) is 6.02. The molecule has 0 saturated carbocycles. The van der Waals surface area contributed by atoms with Crippen molar-refractivity contribution in [3.63, 3.8) is 0 Å². The molecule has 0 aliphatic heterocycles. The van der Waals surface area contributed by atoms with E-state index >= 15 is 0 Å². The molecular formula is C8H15N3O2. The molecule has 1 aromatic rings. The van der Waals surface area contributed by atoms with E-state index in [9.17, 15) is 0 Å². The van der Waals surface area contributed by atoms with E-state index in [0.29, 0.717) is 11.7 Å². The first-order valence-corrected chi connectivity index (χ1v) is 4.29. The molecule has 5 heteroatoms. The summed E-state index contributed by atoms with van der Waals surface area (Å²) in [5.41, 5.74) is 5.61. The van der Waals surface area contributed by atoms with Gasteiger partial charge in [-0.1, -0.05) is 19.0 Å². The van der Waals surface area contributed by atoms with Gasteiger partial charge in [-0.2, -0.15) is 4.98 Å². The van der Waals surface area contributed by atoms with Gasteiger partial charge in [-0.3, -0.25) is 0 Å². The van der Waals surface area contributed by atoms with Crippen molar-refractivity contribution < 1.29 is 9.63 Å². The molecule has 1 aromatic heterocycles. The highest BCUT2D eigenvalue weighted by Gasteiger charge is 2.20. The molecule has 1 heterocycles. The van der Waals surface area contributed by atoms with Crippen LogP contribution in [0.2, 0.25) is 0 Å². The van der Waals surface area contributed by atoms with Crippen molar-refractivity contribution >= 4 is 0 Å². The van der Waals surface area contributed by atoms with E-state index in [1.165, 1.54) is 0 Å². The van der Waals surface area contributed by atoms with Gasteiger partial charge < -0.3 is 15.4 Å². The molecule has 13 heavy (non-hydrogen) atoms. The molecule has 0 fully saturated rings. The number of aromatic nitrogens is 2. The first kappa shape index (κ1) is 10.1. The number of hydrogen-bond acceptors (Lipinski definition) is 5. The van der Waals surface area contributed by atoms with Crippen LogP contribution in [-0.2, 0) is 0 Å². The molecule has 0 amide bonds. The molecule has 2 atom stereocenters. The molecular weight excluding hydrogens is 170 g/mol. The van der Waals surface area contributed by atoms with Gasteiger partial charge in [-0.15, -0.1) is 0 Å².